The Morgan fingerprint density at radius 3 is 2.71 bits per heavy atom. The van der Waals surface area contributed by atoms with E-state index in [1.54, 1.807) is 0 Å². The van der Waals surface area contributed by atoms with E-state index in [0.717, 1.165) is 11.1 Å². The van der Waals surface area contributed by atoms with Gasteiger partial charge in [-0.3, -0.25) is 0 Å². The molecule has 0 aliphatic carbocycles. The van der Waals surface area contributed by atoms with Crippen LogP contribution in [0.1, 0.15) is 11.1 Å². The number of nitrogen functional groups attached to an aromatic ring is 1. The highest BCUT2D eigenvalue weighted by Gasteiger charge is 2.20. The molecule has 0 radical (unpaired) electrons. The van der Waals surface area contributed by atoms with Crippen LogP contribution in [0.5, 0.6) is 0 Å². The lowest BCUT2D eigenvalue weighted by molar-refractivity contribution is 0.581. The Kier molecular flexibility index (Phi) is 4.94. The third kappa shape index (κ3) is 3.79. The summed E-state index contributed by atoms with van der Waals surface area (Å²) < 4.78 is 27.9. The maximum Gasteiger partial charge on any atom is 0.244 e. The highest BCUT2D eigenvalue weighted by atomic mass is 79.9. The molecule has 2 rings (SSSR count). The number of halogens is 1. The number of pyridine rings is 1. The number of nitrogens with one attached hydrogen (secondary N) is 2. The molecule has 0 aliphatic heterocycles. The fourth-order valence-electron chi connectivity index (χ4n) is 1.79. The monoisotopic (exact) mass is 370 g/mol. The first-order chi connectivity index (χ1) is 9.94. The quantitative estimate of drug-likeness (QED) is 0.551. The third-order valence-electron chi connectivity index (χ3n) is 2.96. The van der Waals surface area contributed by atoms with Gasteiger partial charge in [0.05, 0.1) is 0 Å². The number of aryl methyl sites for hydroxylation is 1. The predicted octanol–water partition coefficient (Wildman–Crippen LogP) is 1.92. The number of aromatic nitrogens is 1. The molecule has 0 fully saturated rings. The Morgan fingerprint density at radius 2 is 2.05 bits per heavy atom. The second-order valence-electron chi connectivity index (χ2n) is 4.40. The topological polar surface area (TPSA) is 97.1 Å². The van der Waals surface area contributed by atoms with Crippen molar-refractivity contribution >= 4 is 31.8 Å². The van der Waals surface area contributed by atoms with Crippen molar-refractivity contribution in [3.63, 3.8) is 0 Å². The summed E-state index contributed by atoms with van der Waals surface area (Å²) in [5, 5.41) is 0. The number of nitrogens with two attached hydrogens (primary N) is 1. The molecule has 112 valence electrons. The lowest BCUT2D eigenvalue weighted by atomic mass is 10.1. The van der Waals surface area contributed by atoms with E-state index in [1.807, 2.05) is 31.2 Å². The molecule has 1 heterocycles. The fourth-order valence-corrected chi connectivity index (χ4v) is 3.43. The number of hydrogen-bond donors (Lipinski definition) is 3. The van der Waals surface area contributed by atoms with Gasteiger partial charge in [-0.25, -0.2) is 24.0 Å². The van der Waals surface area contributed by atoms with Gasteiger partial charge in [0, 0.05) is 17.2 Å². The smallest absolute Gasteiger partial charge is 0.244 e. The lowest BCUT2D eigenvalue weighted by Crippen LogP contribution is -2.25. The third-order valence-corrected chi connectivity index (χ3v) is 4.81. The van der Waals surface area contributed by atoms with E-state index in [1.165, 1.54) is 12.3 Å². The number of anilines is 1. The van der Waals surface area contributed by atoms with Crippen molar-refractivity contribution in [3.8, 4) is 0 Å². The molecule has 0 atom stereocenters. The summed E-state index contributed by atoms with van der Waals surface area (Å²) in [6, 6.07) is 9.02. The summed E-state index contributed by atoms with van der Waals surface area (Å²) in [5.41, 5.74) is 4.21. The van der Waals surface area contributed by atoms with Gasteiger partial charge in [0.2, 0.25) is 10.0 Å². The number of sulfonamides is 1. The molecule has 1 aromatic heterocycles. The standard InChI is InChI=1S/C13H15BrN4O2S/c1-9-4-2-3-5-10(9)7-17-21(19,20)12-6-11(14)8-16-13(12)18-15/h2-6,8,17H,7,15H2,1H3,(H,16,18). The van der Waals surface area contributed by atoms with Crippen LogP contribution in [0.3, 0.4) is 0 Å². The molecule has 0 saturated carbocycles. The zero-order valence-corrected chi connectivity index (χ0v) is 13.7. The molecule has 0 aliphatic rings. The number of rotatable bonds is 5. The summed E-state index contributed by atoms with van der Waals surface area (Å²) in [5.74, 6) is 5.40. The van der Waals surface area contributed by atoms with Gasteiger partial charge in [-0.2, -0.15) is 0 Å². The molecule has 0 spiro atoms. The normalized spacial score (nSPS) is 11.4. The number of hydrazine groups is 1. The zero-order valence-electron chi connectivity index (χ0n) is 11.3. The Hall–Kier alpha value is -1.48. The molecular weight excluding hydrogens is 356 g/mol. The molecule has 1 aromatic carbocycles. The van der Waals surface area contributed by atoms with Gasteiger partial charge >= 0.3 is 0 Å². The van der Waals surface area contributed by atoms with Crippen LogP contribution in [-0.2, 0) is 16.6 Å². The van der Waals surface area contributed by atoms with Crippen molar-refractivity contribution in [2.24, 2.45) is 5.84 Å². The Balaban J connectivity index is 2.27. The molecule has 2 aromatic rings. The van der Waals surface area contributed by atoms with Crippen molar-refractivity contribution in [1.29, 1.82) is 0 Å². The molecule has 6 nitrogen and oxygen atoms in total. The number of nitrogens with zero attached hydrogens (tertiary/aromatic N) is 1. The fraction of sp³-hybridized carbons (Fsp3) is 0.154. The first-order valence-electron chi connectivity index (χ1n) is 6.10. The highest BCUT2D eigenvalue weighted by Crippen LogP contribution is 2.22. The molecule has 0 saturated heterocycles. The van der Waals surface area contributed by atoms with Crippen molar-refractivity contribution in [1.82, 2.24) is 9.71 Å². The molecule has 0 unspecified atom stereocenters. The van der Waals surface area contributed by atoms with E-state index in [2.05, 4.69) is 31.1 Å². The minimum Gasteiger partial charge on any atom is -0.307 e. The van der Waals surface area contributed by atoms with Crippen LogP contribution < -0.4 is 16.0 Å². The molecule has 0 amide bonds. The molecule has 0 bridgehead atoms. The largest absolute Gasteiger partial charge is 0.307 e. The van der Waals surface area contributed by atoms with Gasteiger partial charge in [-0.15, -0.1) is 0 Å². The Morgan fingerprint density at radius 1 is 1.33 bits per heavy atom. The van der Waals surface area contributed by atoms with Gasteiger partial charge in [0.1, 0.15) is 4.90 Å². The van der Waals surface area contributed by atoms with Gasteiger partial charge in [0.25, 0.3) is 0 Å². The second-order valence-corrected chi connectivity index (χ2v) is 7.05. The predicted molar refractivity (Wildman–Crippen MR) is 85.0 cm³/mol. The molecular formula is C13H15BrN4O2S. The van der Waals surface area contributed by atoms with Crippen LogP contribution in [-0.4, -0.2) is 13.4 Å². The van der Waals surface area contributed by atoms with Crippen molar-refractivity contribution in [3.05, 3.63) is 52.1 Å². The SMILES string of the molecule is Cc1ccccc1CNS(=O)(=O)c1cc(Br)cnc1NN. The zero-order chi connectivity index (χ0) is 15.5. The van der Waals surface area contributed by atoms with Crippen LogP contribution in [0.15, 0.2) is 45.9 Å². The van der Waals surface area contributed by atoms with E-state index < -0.39 is 10.0 Å². The van der Waals surface area contributed by atoms with Crippen molar-refractivity contribution < 1.29 is 8.42 Å². The average molecular weight is 371 g/mol. The number of hydrogen-bond acceptors (Lipinski definition) is 5. The average Bonchev–Trinajstić information content (AvgIpc) is 2.46. The van der Waals surface area contributed by atoms with Gasteiger partial charge in [0.15, 0.2) is 5.82 Å². The van der Waals surface area contributed by atoms with E-state index in [0.29, 0.717) is 4.47 Å². The molecule has 21 heavy (non-hydrogen) atoms. The van der Waals surface area contributed by atoms with Crippen LogP contribution in [0.2, 0.25) is 0 Å². The summed E-state index contributed by atoms with van der Waals surface area (Å²) in [6.45, 7) is 2.13. The van der Waals surface area contributed by atoms with Crippen LogP contribution in [0, 0.1) is 6.92 Å². The minimum atomic E-state index is -3.73. The maximum atomic E-state index is 12.4. The van der Waals surface area contributed by atoms with Crippen molar-refractivity contribution in [2.75, 3.05) is 5.43 Å². The summed E-state index contributed by atoms with van der Waals surface area (Å²) in [4.78, 5) is 3.93. The minimum absolute atomic E-state index is 0.00652. The summed E-state index contributed by atoms with van der Waals surface area (Å²) >= 11 is 3.20. The van der Waals surface area contributed by atoms with Crippen molar-refractivity contribution in [2.45, 2.75) is 18.4 Å². The van der Waals surface area contributed by atoms with Gasteiger partial charge in [-0.05, 0) is 40.0 Å². The summed E-state index contributed by atoms with van der Waals surface area (Å²) in [6.07, 6.45) is 1.47. The Labute approximate surface area is 131 Å². The summed E-state index contributed by atoms with van der Waals surface area (Å²) in [7, 11) is -3.73. The van der Waals surface area contributed by atoms with Crippen LogP contribution >= 0.6 is 15.9 Å². The Bertz CT molecular complexity index is 750. The first-order valence-corrected chi connectivity index (χ1v) is 8.38. The van der Waals surface area contributed by atoms with Crippen LogP contribution in [0.25, 0.3) is 0 Å². The number of benzene rings is 1. The van der Waals surface area contributed by atoms with E-state index >= 15 is 0 Å². The first kappa shape index (κ1) is 15.9. The van der Waals surface area contributed by atoms with Gasteiger partial charge < -0.3 is 5.43 Å². The highest BCUT2D eigenvalue weighted by molar-refractivity contribution is 9.10. The molecule has 4 N–H and O–H groups in total. The van der Waals surface area contributed by atoms with Crippen LogP contribution in [0.4, 0.5) is 5.82 Å². The lowest BCUT2D eigenvalue weighted by Gasteiger charge is -2.11. The molecule has 8 heteroatoms. The second kappa shape index (κ2) is 6.52. The van der Waals surface area contributed by atoms with E-state index in [9.17, 15) is 8.42 Å². The van der Waals surface area contributed by atoms with E-state index in [4.69, 9.17) is 5.84 Å². The van der Waals surface area contributed by atoms with Gasteiger partial charge in [-0.1, -0.05) is 24.3 Å². The van der Waals surface area contributed by atoms with E-state index in [-0.39, 0.29) is 17.3 Å². The maximum absolute atomic E-state index is 12.4.